The standard InChI is InChI=1S/C29H29N9O2/c1-16(2)38-28(39)40-27(36-38)29(18-13-32-37(4)15-18)25-20(19-7-5-6-8-21(19)33-25)11-23(35-29)26-31-14-24(34-26)22-10-9-17(3)12-30-22/h5-10,12-16,23,33,35H,11H2,1-4H3,(H,31,34)/t23-,29?/m1/s1. The fourth-order valence-corrected chi connectivity index (χ4v) is 5.66. The van der Waals surface area contributed by atoms with Gasteiger partial charge in [0.25, 0.3) is 0 Å². The van der Waals surface area contributed by atoms with E-state index in [1.54, 1.807) is 17.1 Å². The number of fused-ring (bicyclic) bond motifs is 3. The number of pyridine rings is 1. The molecule has 202 valence electrons. The number of benzene rings is 1. The van der Waals surface area contributed by atoms with E-state index in [0.29, 0.717) is 6.42 Å². The molecule has 0 aliphatic carbocycles. The SMILES string of the molecule is Cc1ccc(-c2cnc([C@H]3Cc4c([nH]c5ccccc45)C(c4cnn(C)c4)(c4nn(C(C)C)c(=O)o4)N3)[nH]2)nc1. The molecule has 11 nitrogen and oxygen atoms in total. The number of aromatic amines is 2. The minimum atomic E-state index is -1.14. The molecule has 0 saturated carbocycles. The first-order valence-electron chi connectivity index (χ1n) is 13.3. The second kappa shape index (κ2) is 8.88. The van der Waals surface area contributed by atoms with E-state index in [1.807, 2.05) is 70.5 Å². The molecule has 1 unspecified atom stereocenters. The Kier molecular flexibility index (Phi) is 5.39. The summed E-state index contributed by atoms with van der Waals surface area (Å²) in [6.07, 6.45) is 7.99. The van der Waals surface area contributed by atoms with Crippen molar-refractivity contribution >= 4 is 10.9 Å². The molecular weight excluding hydrogens is 506 g/mol. The Bertz CT molecular complexity index is 1900. The van der Waals surface area contributed by atoms with Crippen molar-refractivity contribution in [2.45, 2.75) is 44.8 Å². The van der Waals surface area contributed by atoms with Crippen molar-refractivity contribution in [2.75, 3.05) is 0 Å². The molecule has 6 heterocycles. The minimum Gasteiger partial charge on any atom is -0.389 e. The number of hydrogen-bond donors (Lipinski definition) is 3. The zero-order valence-corrected chi connectivity index (χ0v) is 22.6. The van der Waals surface area contributed by atoms with Gasteiger partial charge < -0.3 is 14.4 Å². The average molecular weight is 536 g/mol. The summed E-state index contributed by atoms with van der Waals surface area (Å²) < 4.78 is 9.04. The van der Waals surface area contributed by atoms with Crippen LogP contribution in [0.3, 0.4) is 0 Å². The highest BCUT2D eigenvalue weighted by atomic mass is 16.4. The van der Waals surface area contributed by atoms with Gasteiger partial charge in [0, 0.05) is 35.9 Å². The van der Waals surface area contributed by atoms with Gasteiger partial charge in [0.2, 0.25) is 5.89 Å². The van der Waals surface area contributed by atoms with Gasteiger partial charge in [-0.05, 0) is 50.5 Å². The summed E-state index contributed by atoms with van der Waals surface area (Å²) in [5.74, 6) is 0.469. The van der Waals surface area contributed by atoms with Gasteiger partial charge in [-0.2, -0.15) is 9.78 Å². The summed E-state index contributed by atoms with van der Waals surface area (Å²) in [4.78, 5) is 29.4. The second-order valence-corrected chi connectivity index (χ2v) is 10.7. The molecule has 6 aromatic rings. The van der Waals surface area contributed by atoms with Crippen molar-refractivity contribution < 1.29 is 4.42 Å². The summed E-state index contributed by atoms with van der Waals surface area (Å²) in [6, 6.07) is 11.7. The van der Waals surface area contributed by atoms with E-state index in [0.717, 1.165) is 50.5 Å². The van der Waals surface area contributed by atoms with Gasteiger partial charge in [-0.3, -0.25) is 15.0 Å². The molecule has 3 N–H and O–H groups in total. The number of imidazole rings is 1. The van der Waals surface area contributed by atoms with Gasteiger partial charge in [0.1, 0.15) is 5.82 Å². The molecule has 11 heteroatoms. The Labute approximate surface area is 229 Å². The van der Waals surface area contributed by atoms with E-state index in [4.69, 9.17) is 14.5 Å². The zero-order valence-electron chi connectivity index (χ0n) is 22.6. The van der Waals surface area contributed by atoms with Crippen LogP contribution in [0.2, 0.25) is 0 Å². The van der Waals surface area contributed by atoms with Crippen LogP contribution in [-0.4, -0.2) is 39.5 Å². The van der Waals surface area contributed by atoms with Crippen molar-refractivity contribution in [3.05, 3.63) is 106 Å². The number of aryl methyl sites for hydroxylation is 2. The zero-order chi connectivity index (χ0) is 27.6. The van der Waals surface area contributed by atoms with Gasteiger partial charge in [-0.25, -0.2) is 9.78 Å². The number of hydrogen-bond acceptors (Lipinski definition) is 7. The van der Waals surface area contributed by atoms with Crippen molar-refractivity contribution in [3.63, 3.8) is 0 Å². The second-order valence-electron chi connectivity index (χ2n) is 10.7. The fourth-order valence-electron chi connectivity index (χ4n) is 5.66. The topological polar surface area (TPSA) is 135 Å². The van der Waals surface area contributed by atoms with Crippen molar-refractivity contribution in [1.29, 1.82) is 0 Å². The highest BCUT2D eigenvalue weighted by Crippen LogP contribution is 2.45. The molecule has 0 spiro atoms. The van der Waals surface area contributed by atoms with Crippen LogP contribution in [0.5, 0.6) is 0 Å². The smallest absolute Gasteiger partial charge is 0.389 e. The number of aromatic nitrogens is 8. The summed E-state index contributed by atoms with van der Waals surface area (Å²) in [5, 5.41) is 14.1. The fraction of sp³-hybridized carbons (Fsp3) is 0.276. The van der Waals surface area contributed by atoms with E-state index in [2.05, 4.69) is 31.4 Å². The molecule has 0 radical (unpaired) electrons. The molecule has 1 aromatic carbocycles. The predicted octanol–water partition coefficient (Wildman–Crippen LogP) is 3.90. The predicted molar refractivity (Wildman–Crippen MR) is 149 cm³/mol. The molecule has 5 aromatic heterocycles. The molecule has 0 saturated heterocycles. The van der Waals surface area contributed by atoms with E-state index in [1.165, 1.54) is 4.68 Å². The van der Waals surface area contributed by atoms with Gasteiger partial charge in [-0.15, -0.1) is 5.10 Å². The van der Waals surface area contributed by atoms with Gasteiger partial charge >= 0.3 is 5.76 Å². The van der Waals surface area contributed by atoms with E-state index >= 15 is 0 Å². The van der Waals surface area contributed by atoms with Crippen LogP contribution in [0.15, 0.2) is 70.4 Å². The Balaban J connectivity index is 1.46. The summed E-state index contributed by atoms with van der Waals surface area (Å²) in [5.41, 5.74) is 5.32. The minimum absolute atomic E-state index is 0.174. The summed E-state index contributed by atoms with van der Waals surface area (Å²) in [6.45, 7) is 5.82. The van der Waals surface area contributed by atoms with Crippen LogP contribution in [0, 0.1) is 6.92 Å². The molecule has 0 fully saturated rings. The van der Waals surface area contributed by atoms with Crippen LogP contribution in [0.25, 0.3) is 22.3 Å². The van der Waals surface area contributed by atoms with Crippen molar-refractivity contribution in [3.8, 4) is 11.4 Å². The summed E-state index contributed by atoms with van der Waals surface area (Å²) in [7, 11) is 1.86. The summed E-state index contributed by atoms with van der Waals surface area (Å²) >= 11 is 0. The normalized spacial score (nSPS) is 19.0. The lowest BCUT2D eigenvalue weighted by atomic mass is 9.79. The van der Waals surface area contributed by atoms with Crippen molar-refractivity contribution in [1.82, 2.24) is 44.8 Å². The van der Waals surface area contributed by atoms with E-state index in [9.17, 15) is 4.79 Å². The Morgan fingerprint density at radius 2 is 1.93 bits per heavy atom. The average Bonchev–Trinajstić information content (AvgIpc) is 3.74. The quantitative estimate of drug-likeness (QED) is 0.305. The molecular formula is C29H29N9O2. The van der Waals surface area contributed by atoms with Crippen molar-refractivity contribution in [2.24, 2.45) is 7.05 Å². The Hall–Kier alpha value is -4.77. The number of rotatable bonds is 5. The van der Waals surface area contributed by atoms with Gasteiger partial charge in [0.05, 0.1) is 41.6 Å². The monoisotopic (exact) mass is 535 g/mol. The number of nitrogens with one attached hydrogen (secondary N) is 3. The maximum absolute atomic E-state index is 13.0. The first kappa shape index (κ1) is 24.3. The molecule has 2 atom stereocenters. The van der Waals surface area contributed by atoms with Crippen LogP contribution < -0.4 is 11.1 Å². The third-order valence-corrected chi connectivity index (χ3v) is 7.62. The van der Waals surface area contributed by atoms with E-state index in [-0.39, 0.29) is 18.0 Å². The van der Waals surface area contributed by atoms with Crippen LogP contribution in [0.1, 0.15) is 60.0 Å². The Morgan fingerprint density at radius 3 is 2.65 bits per heavy atom. The van der Waals surface area contributed by atoms with Gasteiger partial charge in [-0.1, -0.05) is 24.3 Å². The molecule has 40 heavy (non-hydrogen) atoms. The van der Waals surface area contributed by atoms with Crippen LogP contribution >= 0.6 is 0 Å². The van der Waals surface area contributed by atoms with E-state index < -0.39 is 11.3 Å². The molecule has 0 amide bonds. The molecule has 1 aliphatic rings. The number of para-hydroxylation sites is 1. The first-order chi connectivity index (χ1) is 19.3. The van der Waals surface area contributed by atoms with Crippen LogP contribution in [-0.2, 0) is 19.0 Å². The third kappa shape index (κ3) is 3.65. The third-order valence-electron chi connectivity index (χ3n) is 7.62. The van der Waals surface area contributed by atoms with Crippen LogP contribution in [0.4, 0.5) is 0 Å². The number of nitrogens with zero attached hydrogens (tertiary/aromatic N) is 6. The lowest BCUT2D eigenvalue weighted by molar-refractivity contribution is 0.284. The Morgan fingerprint density at radius 1 is 1.07 bits per heavy atom. The lowest BCUT2D eigenvalue weighted by Gasteiger charge is -2.38. The first-order valence-corrected chi connectivity index (χ1v) is 13.3. The molecule has 7 rings (SSSR count). The largest absolute Gasteiger partial charge is 0.437 e. The highest BCUT2D eigenvalue weighted by molar-refractivity contribution is 5.86. The highest BCUT2D eigenvalue weighted by Gasteiger charge is 2.51. The maximum Gasteiger partial charge on any atom is 0.437 e. The number of H-pyrrole nitrogens is 2. The molecule has 0 bridgehead atoms. The maximum atomic E-state index is 13.0. The lowest BCUT2D eigenvalue weighted by Crippen LogP contribution is -2.51. The van der Waals surface area contributed by atoms with Gasteiger partial charge in [0.15, 0.2) is 5.54 Å². The molecule has 1 aliphatic heterocycles.